The van der Waals surface area contributed by atoms with Crippen LogP contribution in [0.4, 0.5) is 0 Å². The highest BCUT2D eigenvalue weighted by Gasteiger charge is 2.06. The molecule has 3 aromatic heterocycles. The van der Waals surface area contributed by atoms with Crippen molar-refractivity contribution in [2.45, 2.75) is 37.6 Å². The number of aromatic nitrogens is 4. The zero-order valence-corrected chi connectivity index (χ0v) is 14.4. The van der Waals surface area contributed by atoms with Crippen LogP contribution in [-0.4, -0.2) is 19.4 Å². The van der Waals surface area contributed by atoms with E-state index < -0.39 is 0 Å². The maximum Gasteiger partial charge on any atom is 0.258 e. The highest BCUT2D eigenvalue weighted by molar-refractivity contribution is 7.98. The molecule has 1 N–H and O–H groups in total. The van der Waals surface area contributed by atoms with Crippen LogP contribution in [0.1, 0.15) is 30.3 Å². The molecule has 0 aliphatic carbocycles. The van der Waals surface area contributed by atoms with Crippen molar-refractivity contribution >= 4 is 17.4 Å². The molecular formula is C17H18N4O2S. The lowest BCUT2D eigenvalue weighted by Crippen LogP contribution is -2.15. The van der Waals surface area contributed by atoms with E-state index in [0.717, 1.165) is 24.1 Å². The van der Waals surface area contributed by atoms with Crippen molar-refractivity contribution < 1.29 is 0 Å². The number of fused-ring (bicyclic) bond motifs is 1. The number of hydrogen-bond donors (Lipinski definition) is 1. The molecule has 7 heteroatoms. The van der Waals surface area contributed by atoms with E-state index in [-0.39, 0.29) is 11.1 Å². The van der Waals surface area contributed by atoms with Gasteiger partial charge in [-0.2, -0.15) is 0 Å². The maximum absolute atomic E-state index is 12.2. The summed E-state index contributed by atoms with van der Waals surface area (Å²) >= 11 is 1.37. The number of nitrogens with one attached hydrogen (secondary N) is 1. The molecule has 3 aromatic rings. The van der Waals surface area contributed by atoms with E-state index in [1.54, 1.807) is 6.20 Å². The summed E-state index contributed by atoms with van der Waals surface area (Å²) in [5.74, 6) is 0.470. The van der Waals surface area contributed by atoms with E-state index in [0.29, 0.717) is 22.3 Å². The Hall–Kier alpha value is -2.41. The van der Waals surface area contributed by atoms with Crippen molar-refractivity contribution in [3.63, 3.8) is 0 Å². The summed E-state index contributed by atoms with van der Waals surface area (Å²) in [6.07, 6.45) is 3.43. The molecule has 0 atom stereocenters. The molecule has 0 unspecified atom stereocenters. The largest absolute Gasteiger partial charge is 0.301 e. The quantitative estimate of drug-likeness (QED) is 0.568. The fourth-order valence-electron chi connectivity index (χ4n) is 2.41. The summed E-state index contributed by atoms with van der Waals surface area (Å²) in [4.78, 5) is 35.5. The van der Waals surface area contributed by atoms with Crippen LogP contribution in [0.5, 0.6) is 0 Å². The third kappa shape index (κ3) is 3.73. The Morgan fingerprint density at radius 2 is 2.00 bits per heavy atom. The summed E-state index contributed by atoms with van der Waals surface area (Å²) in [7, 11) is 0. The van der Waals surface area contributed by atoms with Gasteiger partial charge in [-0.15, -0.1) is 0 Å². The standard InChI is InChI=1S/C17H18N4O2S/c1-3-4-12-8-15(22)20-17(19-12)24-10-13-9-16(23)21-6-5-11(2)7-14(21)18-13/h5-9H,3-4,10H2,1-2H3,(H,19,20,22). The smallest absolute Gasteiger partial charge is 0.258 e. The van der Waals surface area contributed by atoms with E-state index >= 15 is 0 Å². The Bertz CT molecular complexity index is 994. The van der Waals surface area contributed by atoms with Gasteiger partial charge in [-0.3, -0.25) is 14.0 Å². The molecule has 0 radical (unpaired) electrons. The summed E-state index contributed by atoms with van der Waals surface area (Å²) in [6, 6.07) is 6.79. The first-order chi connectivity index (χ1) is 11.5. The van der Waals surface area contributed by atoms with Crippen LogP contribution in [0.25, 0.3) is 5.65 Å². The van der Waals surface area contributed by atoms with E-state index in [1.807, 2.05) is 26.0 Å². The molecule has 0 aromatic carbocycles. The molecule has 0 aliphatic rings. The highest BCUT2D eigenvalue weighted by Crippen LogP contribution is 2.17. The molecule has 3 heterocycles. The number of pyridine rings is 1. The average molecular weight is 342 g/mol. The molecule has 0 amide bonds. The van der Waals surface area contributed by atoms with Crippen LogP contribution in [-0.2, 0) is 12.2 Å². The predicted octanol–water partition coefficient (Wildman–Crippen LogP) is 2.33. The van der Waals surface area contributed by atoms with Crippen molar-refractivity contribution in [3.05, 3.63) is 68.1 Å². The Balaban J connectivity index is 1.85. The lowest BCUT2D eigenvalue weighted by Gasteiger charge is -2.05. The monoisotopic (exact) mass is 342 g/mol. The predicted molar refractivity (Wildman–Crippen MR) is 94.6 cm³/mol. The fraction of sp³-hybridized carbons (Fsp3) is 0.294. The first kappa shape index (κ1) is 16.4. The van der Waals surface area contributed by atoms with Crippen LogP contribution >= 0.6 is 11.8 Å². The van der Waals surface area contributed by atoms with Crippen LogP contribution in [0, 0.1) is 6.92 Å². The number of nitrogens with zero attached hydrogens (tertiary/aromatic N) is 3. The van der Waals surface area contributed by atoms with Gasteiger partial charge >= 0.3 is 0 Å². The van der Waals surface area contributed by atoms with Gasteiger partial charge in [0.05, 0.1) is 5.69 Å². The third-order valence-corrected chi connectivity index (χ3v) is 4.42. The molecule has 6 nitrogen and oxygen atoms in total. The number of aromatic amines is 1. The zero-order valence-electron chi connectivity index (χ0n) is 13.6. The van der Waals surface area contributed by atoms with Crippen molar-refractivity contribution in [2.24, 2.45) is 0 Å². The molecular weight excluding hydrogens is 324 g/mol. The zero-order chi connectivity index (χ0) is 17.1. The Morgan fingerprint density at radius 1 is 1.17 bits per heavy atom. The van der Waals surface area contributed by atoms with E-state index in [4.69, 9.17) is 0 Å². The van der Waals surface area contributed by atoms with Crippen molar-refractivity contribution in [2.75, 3.05) is 0 Å². The topological polar surface area (TPSA) is 80.1 Å². The van der Waals surface area contributed by atoms with Gasteiger partial charge in [-0.1, -0.05) is 25.1 Å². The van der Waals surface area contributed by atoms with Gasteiger partial charge in [0.2, 0.25) is 0 Å². The van der Waals surface area contributed by atoms with Crippen LogP contribution in [0.3, 0.4) is 0 Å². The molecule has 0 saturated carbocycles. The second-order valence-electron chi connectivity index (χ2n) is 5.60. The Morgan fingerprint density at radius 3 is 2.79 bits per heavy atom. The molecule has 0 fully saturated rings. The SMILES string of the molecule is CCCc1cc(=O)[nH]c(SCc2cc(=O)n3ccc(C)cc3n2)n1. The van der Waals surface area contributed by atoms with Crippen LogP contribution < -0.4 is 11.1 Å². The molecule has 24 heavy (non-hydrogen) atoms. The van der Waals surface area contributed by atoms with Gasteiger partial charge < -0.3 is 4.98 Å². The number of aryl methyl sites for hydroxylation is 2. The third-order valence-electron chi connectivity index (χ3n) is 3.51. The average Bonchev–Trinajstić information content (AvgIpc) is 2.52. The molecule has 0 bridgehead atoms. The molecule has 0 spiro atoms. The summed E-state index contributed by atoms with van der Waals surface area (Å²) in [5, 5.41) is 0.553. The normalized spacial score (nSPS) is 11.1. The van der Waals surface area contributed by atoms with Crippen LogP contribution in [0.15, 0.2) is 45.2 Å². The first-order valence-electron chi connectivity index (χ1n) is 7.77. The van der Waals surface area contributed by atoms with Gasteiger partial charge in [0.15, 0.2) is 5.16 Å². The highest BCUT2D eigenvalue weighted by atomic mass is 32.2. The summed E-state index contributed by atoms with van der Waals surface area (Å²) in [5.41, 5.74) is 2.85. The molecule has 3 rings (SSSR count). The Labute approximate surface area is 143 Å². The van der Waals surface area contributed by atoms with Gasteiger partial charge in [-0.25, -0.2) is 9.97 Å². The second-order valence-corrected chi connectivity index (χ2v) is 6.56. The number of thioether (sulfide) groups is 1. The summed E-state index contributed by atoms with van der Waals surface area (Å²) in [6.45, 7) is 4.01. The van der Waals surface area contributed by atoms with E-state index in [9.17, 15) is 9.59 Å². The van der Waals surface area contributed by atoms with Crippen LogP contribution in [0.2, 0.25) is 0 Å². The van der Waals surface area contributed by atoms with Gasteiger partial charge in [-0.05, 0) is 31.0 Å². The minimum Gasteiger partial charge on any atom is -0.301 e. The lowest BCUT2D eigenvalue weighted by atomic mass is 10.2. The summed E-state index contributed by atoms with van der Waals surface area (Å²) < 4.78 is 1.52. The van der Waals surface area contributed by atoms with Gasteiger partial charge in [0.25, 0.3) is 11.1 Å². The number of rotatable bonds is 5. The fourth-order valence-corrected chi connectivity index (χ4v) is 3.19. The van der Waals surface area contributed by atoms with Gasteiger partial charge in [0.1, 0.15) is 5.65 Å². The second kappa shape index (κ2) is 7.00. The molecule has 0 saturated heterocycles. The first-order valence-corrected chi connectivity index (χ1v) is 8.75. The van der Waals surface area contributed by atoms with E-state index in [2.05, 4.69) is 15.0 Å². The minimum atomic E-state index is -0.155. The van der Waals surface area contributed by atoms with E-state index in [1.165, 1.54) is 28.3 Å². The Kier molecular flexibility index (Phi) is 4.80. The number of H-pyrrole nitrogens is 1. The van der Waals surface area contributed by atoms with Crippen molar-refractivity contribution in [1.29, 1.82) is 0 Å². The van der Waals surface area contributed by atoms with Crippen molar-refractivity contribution in [3.8, 4) is 0 Å². The van der Waals surface area contributed by atoms with Crippen molar-refractivity contribution in [1.82, 2.24) is 19.4 Å². The van der Waals surface area contributed by atoms with Gasteiger partial charge in [0, 0.05) is 29.8 Å². The lowest BCUT2D eigenvalue weighted by molar-refractivity contribution is 0.815. The number of hydrogen-bond acceptors (Lipinski definition) is 5. The maximum atomic E-state index is 12.2. The molecule has 0 aliphatic heterocycles. The minimum absolute atomic E-state index is 0.114. The molecule has 124 valence electrons.